The van der Waals surface area contributed by atoms with Gasteiger partial charge < -0.3 is 5.32 Å². The van der Waals surface area contributed by atoms with Crippen LogP contribution in [0.2, 0.25) is 0 Å². The number of nitrogens with one attached hydrogen (secondary N) is 1. The quantitative estimate of drug-likeness (QED) is 0.906. The number of hydrogen-bond donors (Lipinski definition) is 1. The van der Waals surface area contributed by atoms with Gasteiger partial charge in [0.15, 0.2) is 0 Å². The van der Waals surface area contributed by atoms with Crippen LogP contribution < -0.4 is 5.32 Å². The molecule has 1 aliphatic rings. The molecule has 2 rings (SSSR count). The molecule has 0 amide bonds. The Hall–Kier alpha value is 0.490. The van der Waals surface area contributed by atoms with E-state index in [1.807, 2.05) is 11.3 Å². The third-order valence-corrected chi connectivity index (χ3v) is 5.96. The van der Waals surface area contributed by atoms with E-state index in [0.29, 0.717) is 4.75 Å². The van der Waals surface area contributed by atoms with Crippen LogP contribution in [0.25, 0.3) is 0 Å². The van der Waals surface area contributed by atoms with Gasteiger partial charge in [0.05, 0.1) is 0 Å². The van der Waals surface area contributed by atoms with Gasteiger partial charge in [0.25, 0.3) is 0 Å². The Morgan fingerprint density at radius 3 is 3.07 bits per heavy atom. The van der Waals surface area contributed by atoms with Crippen LogP contribution in [0, 0.1) is 0 Å². The minimum Gasteiger partial charge on any atom is -0.310 e. The number of halogens is 1. The maximum absolute atomic E-state index is 3.57. The molecule has 1 fully saturated rings. The molecule has 1 saturated heterocycles. The van der Waals surface area contributed by atoms with Gasteiger partial charge in [-0.05, 0) is 47.5 Å². The van der Waals surface area contributed by atoms with Crippen molar-refractivity contribution in [2.75, 3.05) is 12.3 Å². The topological polar surface area (TPSA) is 12.0 Å². The molecule has 0 bridgehead atoms. The summed E-state index contributed by atoms with van der Waals surface area (Å²) in [5.41, 5.74) is 0. The fourth-order valence-corrected chi connectivity index (χ4v) is 4.57. The lowest BCUT2D eigenvalue weighted by Crippen LogP contribution is -2.32. The second kappa shape index (κ2) is 5.21. The molecule has 0 spiro atoms. The second-order valence-corrected chi connectivity index (χ2v) is 7.83. The number of rotatable bonds is 4. The van der Waals surface area contributed by atoms with Crippen LogP contribution in [0.15, 0.2) is 15.9 Å². The molecule has 1 nitrogen and oxygen atoms in total. The third-order valence-electron chi connectivity index (χ3n) is 2.72. The number of thiophene rings is 1. The molecule has 1 N–H and O–H groups in total. The highest BCUT2D eigenvalue weighted by atomic mass is 79.9. The van der Waals surface area contributed by atoms with E-state index < -0.39 is 0 Å². The van der Waals surface area contributed by atoms with Gasteiger partial charge >= 0.3 is 0 Å². The van der Waals surface area contributed by atoms with Crippen LogP contribution in [0.4, 0.5) is 0 Å². The van der Waals surface area contributed by atoms with Crippen LogP contribution in [0.5, 0.6) is 0 Å². The Kier molecular flexibility index (Phi) is 4.16. The average molecular weight is 306 g/mol. The van der Waals surface area contributed by atoms with Gasteiger partial charge in [-0.1, -0.05) is 0 Å². The highest BCUT2D eigenvalue weighted by Gasteiger charge is 2.28. The van der Waals surface area contributed by atoms with E-state index in [9.17, 15) is 0 Å². The summed E-state index contributed by atoms with van der Waals surface area (Å²) in [6.07, 6.45) is 2.74. The molecule has 0 aromatic carbocycles. The van der Waals surface area contributed by atoms with Gasteiger partial charge in [0.1, 0.15) is 0 Å². The Morgan fingerprint density at radius 2 is 2.47 bits per heavy atom. The van der Waals surface area contributed by atoms with Crippen molar-refractivity contribution in [3.8, 4) is 0 Å². The van der Waals surface area contributed by atoms with Gasteiger partial charge in [0.2, 0.25) is 0 Å². The Bertz CT molecular complexity index is 318. The average Bonchev–Trinajstić information content (AvgIpc) is 2.76. The van der Waals surface area contributed by atoms with E-state index in [4.69, 9.17) is 0 Å². The first-order chi connectivity index (χ1) is 7.18. The molecule has 15 heavy (non-hydrogen) atoms. The highest BCUT2D eigenvalue weighted by Crippen LogP contribution is 2.37. The normalized spacial score (nSPS) is 26.0. The summed E-state index contributed by atoms with van der Waals surface area (Å²) in [4.78, 5) is 1.41. The van der Waals surface area contributed by atoms with Crippen LogP contribution in [0.1, 0.15) is 24.6 Å². The first-order valence-electron chi connectivity index (χ1n) is 5.26. The van der Waals surface area contributed by atoms with Gasteiger partial charge in [0, 0.05) is 32.6 Å². The second-order valence-electron chi connectivity index (χ2n) is 4.24. The van der Waals surface area contributed by atoms with Gasteiger partial charge in [-0.2, -0.15) is 11.8 Å². The summed E-state index contributed by atoms with van der Waals surface area (Å²) >= 11 is 7.41. The molecule has 1 aromatic heterocycles. The van der Waals surface area contributed by atoms with Crippen LogP contribution >= 0.6 is 39.0 Å². The molecule has 1 aromatic rings. The summed E-state index contributed by atoms with van der Waals surface area (Å²) in [6.45, 7) is 4.52. The molecule has 1 atom stereocenters. The molecule has 0 saturated carbocycles. The Balaban J connectivity index is 1.75. The Labute approximate surface area is 108 Å². The van der Waals surface area contributed by atoms with Gasteiger partial charge in [-0.3, -0.25) is 0 Å². The third kappa shape index (κ3) is 3.48. The van der Waals surface area contributed by atoms with Crippen molar-refractivity contribution in [3.05, 3.63) is 20.8 Å². The van der Waals surface area contributed by atoms with E-state index >= 15 is 0 Å². The first kappa shape index (κ1) is 12.0. The molecule has 2 heterocycles. The maximum Gasteiger partial charge on any atom is 0.0300 e. The standard InChI is InChI=1S/C11H16BrNS2/c1-11(3-2-4-15-11)8-13-6-10-5-9(12)7-14-10/h5,7,13H,2-4,6,8H2,1H3. The lowest BCUT2D eigenvalue weighted by Gasteiger charge is -2.22. The summed E-state index contributed by atoms with van der Waals surface area (Å²) in [5, 5.41) is 5.71. The van der Waals surface area contributed by atoms with E-state index in [1.54, 1.807) is 0 Å². The van der Waals surface area contributed by atoms with E-state index in [1.165, 1.54) is 27.9 Å². The molecular weight excluding hydrogens is 290 g/mol. The van der Waals surface area contributed by atoms with Crippen molar-refractivity contribution < 1.29 is 0 Å². The maximum atomic E-state index is 3.57. The SMILES string of the molecule is CC1(CNCc2cc(Br)cs2)CCCS1. The van der Waals surface area contributed by atoms with Crippen molar-refractivity contribution in [2.24, 2.45) is 0 Å². The van der Waals surface area contributed by atoms with Crippen molar-refractivity contribution in [1.82, 2.24) is 5.32 Å². The first-order valence-corrected chi connectivity index (χ1v) is 7.91. The predicted molar refractivity (Wildman–Crippen MR) is 73.8 cm³/mol. The van der Waals surface area contributed by atoms with E-state index in [-0.39, 0.29) is 0 Å². The van der Waals surface area contributed by atoms with Crippen LogP contribution in [-0.4, -0.2) is 17.0 Å². The molecule has 1 aliphatic heterocycles. The van der Waals surface area contributed by atoms with E-state index in [0.717, 1.165) is 13.1 Å². The Morgan fingerprint density at radius 1 is 1.60 bits per heavy atom. The summed E-state index contributed by atoms with van der Waals surface area (Å²) in [5.74, 6) is 1.34. The fraction of sp³-hybridized carbons (Fsp3) is 0.636. The number of hydrogen-bond acceptors (Lipinski definition) is 3. The summed E-state index contributed by atoms with van der Waals surface area (Å²) in [7, 11) is 0. The van der Waals surface area contributed by atoms with Crippen molar-refractivity contribution in [2.45, 2.75) is 31.1 Å². The lowest BCUT2D eigenvalue weighted by atomic mass is 10.1. The highest BCUT2D eigenvalue weighted by molar-refractivity contribution is 9.10. The molecular formula is C11H16BrNS2. The van der Waals surface area contributed by atoms with Crippen molar-refractivity contribution in [3.63, 3.8) is 0 Å². The molecule has 4 heteroatoms. The lowest BCUT2D eigenvalue weighted by molar-refractivity contribution is 0.539. The smallest absolute Gasteiger partial charge is 0.0300 e. The van der Waals surface area contributed by atoms with E-state index in [2.05, 4.69) is 51.4 Å². The van der Waals surface area contributed by atoms with Gasteiger partial charge in [-0.25, -0.2) is 0 Å². The van der Waals surface area contributed by atoms with Crippen LogP contribution in [-0.2, 0) is 6.54 Å². The zero-order valence-electron chi connectivity index (χ0n) is 8.88. The van der Waals surface area contributed by atoms with Crippen molar-refractivity contribution >= 4 is 39.0 Å². The van der Waals surface area contributed by atoms with Crippen molar-refractivity contribution in [1.29, 1.82) is 0 Å². The fourth-order valence-electron chi connectivity index (χ4n) is 1.87. The molecule has 84 valence electrons. The molecule has 0 aliphatic carbocycles. The minimum absolute atomic E-state index is 0.481. The zero-order chi connectivity index (χ0) is 10.7. The van der Waals surface area contributed by atoms with Crippen LogP contribution in [0.3, 0.4) is 0 Å². The predicted octanol–water partition coefficient (Wildman–Crippen LogP) is 3.89. The molecule has 1 unspecified atom stereocenters. The summed E-state index contributed by atoms with van der Waals surface area (Å²) in [6, 6.07) is 2.20. The monoisotopic (exact) mass is 305 g/mol. The largest absolute Gasteiger partial charge is 0.310 e. The zero-order valence-corrected chi connectivity index (χ0v) is 12.1. The minimum atomic E-state index is 0.481. The number of thioether (sulfide) groups is 1. The summed E-state index contributed by atoms with van der Waals surface area (Å²) < 4.78 is 1.68. The molecule has 0 radical (unpaired) electrons. The van der Waals surface area contributed by atoms with Gasteiger partial charge in [-0.15, -0.1) is 11.3 Å².